The maximum Gasteiger partial charge on any atom is 0.0314 e. The minimum Gasteiger partial charge on any atom is -0.313 e. The van der Waals surface area contributed by atoms with E-state index in [2.05, 4.69) is 60.2 Å². The lowest BCUT2D eigenvalue weighted by atomic mass is 10.2. The van der Waals surface area contributed by atoms with Crippen molar-refractivity contribution in [2.24, 2.45) is 0 Å². The Morgan fingerprint density at radius 2 is 2.12 bits per heavy atom. The van der Waals surface area contributed by atoms with Gasteiger partial charge in [-0.3, -0.25) is 0 Å². The lowest BCUT2D eigenvalue weighted by molar-refractivity contribution is 0.675. The van der Waals surface area contributed by atoms with Crippen molar-refractivity contribution in [3.8, 4) is 0 Å². The van der Waals surface area contributed by atoms with Gasteiger partial charge in [-0.2, -0.15) is 0 Å². The van der Waals surface area contributed by atoms with Gasteiger partial charge in [0, 0.05) is 21.2 Å². The summed E-state index contributed by atoms with van der Waals surface area (Å²) in [6.45, 7) is 8.66. The van der Waals surface area contributed by atoms with Crippen LogP contribution in [0.2, 0.25) is 0 Å². The van der Waals surface area contributed by atoms with Crippen LogP contribution in [-0.4, -0.2) is 11.8 Å². The fourth-order valence-corrected chi connectivity index (χ4v) is 2.95. The summed E-state index contributed by atoms with van der Waals surface area (Å²) >= 11 is 5.53. The predicted molar refractivity (Wildman–Crippen MR) is 77.1 cm³/mol. The molecule has 1 rings (SSSR count). The van der Waals surface area contributed by atoms with Crippen molar-refractivity contribution in [2.75, 3.05) is 6.54 Å². The third-order valence-corrected chi connectivity index (χ3v) is 4.11. The van der Waals surface area contributed by atoms with Crippen LogP contribution in [0.3, 0.4) is 0 Å². The highest BCUT2D eigenvalue weighted by atomic mass is 79.9. The van der Waals surface area contributed by atoms with Crippen LogP contribution < -0.4 is 5.32 Å². The molecular weight excluding hydrogens is 282 g/mol. The Balaban J connectivity index is 2.60. The largest absolute Gasteiger partial charge is 0.313 e. The van der Waals surface area contributed by atoms with Crippen molar-refractivity contribution in [3.05, 3.63) is 28.2 Å². The smallest absolute Gasteiger partial charge is 0.0314 e. The Labute approximate surface area is 112 Å². The fraction of sp³-hybridized carbons (Fsp3) is 0.538. The highest BCUT2D eigenvalue weighted by Crippen LogP contribution is 2.31. The molecule has 0 heterocycles. The van der Waals surface area contributed by atoms with E-state index in [0.717, 1.165) is 13.1 Å². The van der Waals surface area contributed by atoms with Crippen LogP contribution in [0.15, 0.2) is 27.6 Å². The van der Waals surface area contributed by atoms with Crippen molar-refractivity contribution in [1.82, 2.24) is 5.32 Å². The fourth-order valence-electron chi connectivity index (χ4n) is 1.41. The number of nitrogens with one attached hydrogen (secondary N) is 1. The molecule has 1 nitrogen and oxygen atoms in total. The summed E-state index contributed by atoms with van der Waals surface area (Å²) < 4.78 is 1.21. The molecule has 1 N–H and O–H groups in total. The van der Waals surface area contributed by atoms with E-state index >= 15 is 0 Å². The van der Waals surface area contributed by atoms with E-state index in [-0.39, 0.29) is 0 Å². The van der Waals surface area contributed by atoms with E-state index in [4.69, 9.17) is 0 Å². The topological polar surface area (TPSA) is 12.0 Å². The summed E-state index contributed by atoms with van der Waals surface area (Å²) in [5.41, 5.74) is 1.34. The lowest BCUT2D eigenvalue weighted by Crippen LogP contribution is -2.13. The van der Waals surface area contributed by atoms with Crippen LogP contribution >= 0.6 is 27.7 Å². The maximum absolute atomic E-state index is 3.64. The van der Waals surface area contributed by atoms with E-state index in [1.807, 2.05) is 11.8 Å². The molecule has 0 unspecified atom stereocenters. The first-order valence-electron chi connectivity index (χ1n) is 5.79. The highest BCUT2D eigenvalue weighted by Gasteiger charge is 2.04. The molecule has 0 atom stereocenters. The van der Waals surface area contributed by atoms with E-state index < -0.39 is 0 Å². The minimum atomic E-state index is 0.625. The van der Waals surface area contributed by atoms with Gasteiger partial charge in [-0.05, 0) is 46.6 Å². The SMILES string of the molecule is CCCNCc1ccc(SC(C)C)c(Br)c1. The standard InChI is InChI=1S/C13H20BrNS/c1-4-7-15-9-11-5-6-13(12(14)8-11)16-10(2)3/h5-6,8,10,15H,4,7,9H2,1-3H3. The van der Waals surface area contributed by atoms with E-state index in [0.29, 0.717) is 5.25 Å². The van der Waals surface area contributed by atoms with Gasteiger partial charge in [-0.15, -0.1) is 11.8 Å². The Hall–Kier alpha value is 0.01000. The monoisotopic (exact) mass is 301 g/mol. The van der Waals surface area contributed by atoms with Crippen LogP contribution in [0.5, 0.6) is 0 Å². The summed E-state index contributed by atoms with van der Waals surface area (Å²) in [4.78, 5) is 1.33. The number of rotatable bonds is 6. The maximum atomic E-state index is 3.64. The quantitative estimate of drug-likeness (QED) is 0.615. The van der Waals surface area contributed by atoms with E-state index in [9.17, 15) is 0 Å². The van der Waals surface area contributed by atoms with E-state index in [1.165, 1.54) is 21.4 Å². The summed E-state index contributed by atoms with van der Waals surface area (Å²) in [5, 5.41) is 4.04. The second-order valence-electron chi connectivity index (χ2n) is 4.11. The van der Waals surface area contributed by atoms with Crippen LogP contribution in [0.25, 0.3) is 0 Å². The Kier molecular flexibility index (Phi) is 6.47. The van der Waals surface area contributed by atoms with Gasteiger partial charge in [0.25, 0.3) is 0 Å². The third kappa shape index (κ3) is 4.89. The molecule has 90 valence electrons. The molecule has 0 aliphatic carbocycles. The van der Waals surface area contributed by atoms with Crippen molar-refractivity contribution < 1.29 is 0 Å². The zero-order valence-electron chi connectivity index (χ0n) is 10.2. The van der Waals surface area contributed by atoms with Crippen LogP contribution in [0.4, 0.5) is 0 Å². The van der Waals surface area contributed by atoms with Gasteiger partial charge in [0.05, 0.1) is 0 Å². The van der Waals surface area contributed by atoms with Gasteiger partial charge in [0.1, 0.15) is 0 Å². The van der Waals surface area contributed by atoms with E-state index in [1.54, 1.807) is 0 Å². The molecule has 16 heavy (non-hydrogen) atoms. The first-order valence-corrected chi connectivity index (χ1v) is 7.46. The zero-order valence-corrected chi connectivity index (χ0v) is 12.6. The number of thioether (sulfide) groups is 1. The van der Waals surface area contributed by atoms with Crippen LogP contribution in [-0.2, 0) is 6.54 Å². The Morgan fingerprint density at radius 3 is 2.69 bits per heavy atom. The molecule has 0 saturated heterocycles. The van der Waals surface area contributed by atoms with Gasteiger partial charge in [0.2, 0.25) is 0 Å². The normalized spacial score (nSPS) is 11.1. The number of hydrogen-bond acceptors (Lipinski definition) is 2. The zero-order chi connectivity index (χ0) is 12.0. The first kappa shape index (κ1) is 14.1. The second-order valence-corrected chi connectivity index (χ2v) is 6.58. The molecule has 3 heteroatoms. The second kappa shape index (κ2) is 7.36. The third-order valence-electron chi connectivity index (χ3n) is 2.11. The summed E-state index contributed by atoms with van der Waals surface area (Å²) in [7, 11) is 0. The van der Waals surface area contributed by atoms with Crippen molar-refractivity contribution in [2.45, 2.75) is 43.9 Å². The van der Waals surface area contributed by atoms with Gasteiger partial charge < -0.3 is 5.32 Å². The molecule has 0 amide bonds. The lowest BCUT2D eigenvalue weighted by Gasteiger charge is -2.09. The molecule has 0 aliphatic heterocycles. The molecule has 0 bridgehead atoms. The van der Waals surface area contributed by atoms with Gasteiger partial charge in [0.15, 0.2) is 0 Å². The van der Waals surface area contributed by atoms with Crippen molar-refractivity contribution in [3.63, 3.8) is 0 Å². The van der Waals surface area contributed by atoms with Crippen molar-refractivity contribution in [1.29, 1.82) is 0 Å². The molecule has 1 aromatic rings. The first-order chi connectivity index (χ1) is 7.63. The number of benzene rings is 1. The average molecular weight is 302 g/mol. The molecular formula is C13H20BrNS. The summed E-state index contributed by atoms with van der Waals surface area (Å²) in [6.07, 6.45) is 1.18. The predicted octanol–water partition coefficient (Wildman–Crippen LogP) is 4.45. The van der Waals surface area contributed by atoms with Gasteiger partial charge >= 0.3 is 0 Å². The van der Waals surface area contributed by atoms with Crippen LogP contribution in [0, 0.1) is 0 Å². The molecule has 0 radical (unpaired) electrons. The molecule has 0 fully saturated rings. The average Bonchev–Trinajstić information content (AvgIpc) is 2.22. The van der Waals surface area contributed by atoms with Gasteiger partial charge in [-0.25, -0.2) is 0 Å². The number of halogens is 1. The molecule has 0 saturated carbocycles. The molecule has 0 spiro atoms. The van der Waals surface area contributed by atoms with Gasteiger partial charge in [-0.1, -0.05) is 26.8 Å². The van der Waals surface area contributed by atoms with Crippen LogP contribution in [0.1, 0.15) is 32.8 Å². The Bertz CT molecular complexity index is 326. The summed E-state index contributed by atoms with van der Waals surface area (Å²) in [5.74, 6) is 0. The molecule has 0 aromatic heterocycles. The number of hydrogen-bond donors (Lipinski definition) is 1. The van der Waals surface area contributed by atoms with Crippen molar-refractivity contribution >= 4 is 27.7 Å². The molecule has 1 aromatic carbocycles. The Morgan fingerprint density at radius 1 is 1.38 bits per heavy atom. The molecule has 0 aliphatic rings. The summed E-state index contributed by atoms with van der Waals surface area (Å²) in [6, 6.07) is 6.63. The highest BCUT2D eigenvalue weighted by molar-refractivity contribution is 9.10. The minimum absolute atomic E-state index is 0.625.